The van der Waals surface area contributed by atoms with Gasteiger partial charge in [-0.15, -0.1) is 5.16 Å². The Kier molecular flexibility index (Phi) is 3.32. The Morgan fingerprint density at radius 1 is 2.00 bits per heavy atom. The van der Waals surface area contributed by atoms with Crippen LogP contribution in [0.4, 0.5) is 0 Å². The SMILES string of the molecule is C=NOCC(C)O. The molecule has 1 N–H and O–H groups in total. The molecule has 0 aromatic rings. The van der Waals surface area contributed by atoms with Gasteiger partial charge >= 0.3 is 0 Å². The first-order valence-electron chi connectivity index (χ1n) is 2.03. The average molecular weight is 103 g/mol. The van der Waals surface area contributed by atoms with Crippen LogP contribution in [0.3, 0.4) is 0 Å². The van der Waals surface area contributed by atoms with Gasteiger partial charge in [-0.05, 0) is 6.92 Å². The standard InChI is InChI=1S/C4H9NO2/c1-4(6)3-7-5-2/h4,6H,2-3H2,1H3. The summed E-state index contributed by atoms with van der Waals surface area (Å²) in [5.74, 6) is 0. The van der Waals surface area contributed by atoms with Crippen LogP contribution in [0.1, 0.15) is 6.92 Å². The summed E-state index contributed by atoms with van der Waals surface area (Å²) in [5, 5.41) is 11.5. The molecule has 0 aliphatic heterocycles. The van der Waals surface area contributed by atoms with Crippen molar-refractivity contribution < 1.29 is 9.94 Å². The highest BCUT2D eigenvalue weighted by atomic mass is 16.6. The van der Waals surface area contributed by atoms with Crippen molar-refractivity contribution in [1.82, 2.24) is 0 Å². The van der Waals surface area contributed by atoms with Gasteiger partial charge in [0.25, 0.3) is 0 Å². The van der Waals surface area contributed by atoms with Gasteiger partial charge in [0.05, 0.1) is 6.10 Å². The molecular weight excluding hydrogens is 94.0 g/mol. The van der Waals surface area contributed by atoms with Crippen LogP contribution in [0.15, 0.2) is 5.16 Å². The first-order valence-corrected chi connectivity index (χ1v) is 2.03. The van der Waals surface area contributed by atoms with Crippen LogP contribution in [0.25, 0.3) is 0 Å². The van der Waals surface area contributed by atoms with Crippen LogP contribution in [-0.4, -0.2) is 24.5 Å². The molecule has 0 rings (SSSR count). The molecule has 1 atom stereocenters. The molecule has 3 heteroatoms. The third-order valence-corrected chi connectivity index (χ3v) is 0.407. The van der Waals surface area contributed by atoms with Gasteiger partial charge in [-0.2, -0.15) is 0 Å². The molecule has 7 heavy (non-hydrogen) atoms. The Morgan fingerprint density at radius 3 is 2.71 bits per heavy atom. The number of hydrogen-bond donors (Lipinski definition) is 1. The van der Waals surface area contributed by atoms with Crippen molar-refractivity contribution in [2.24, 2.45) is 5.16 Å². The predicted octanol–water partition coefficient (Wildman–Crippen LogP) is -0.000600. The molecule has 0 aliphatic carbocycles. The summed E-state index contributed by atoms with van der Waals surface area (Å²) in [5.41, 5.74) is 0. The van der Waals surface area contributed by atoms with E-state index in [9.17, 15) is 0 Å². The summed E-state index contributed by atoms with van der Waals surface area (Å²) in [6.45, 7) is 4.89. The Labute approximate surface area is 42.6 Å². The highest BCUT2D eigenvalue weighted by Gasteiger charge is 1.90. The largest absolute Gasteiger partial charge is 0.394 e. The van der Waals surface area contributed by atoms with Gasteiger partial charge in [-0.3, -0.25) is 0 Å². The normalized spacial score (nSPS) is 12.9. The lowest BCUT2D eigenvalue weighted by atomic mass is 10.5. The van der Waals surface area contributed by atoms with Gasteiger partial charge < -0.3 is 9.94 Å². The highest BCUT2D eigenvalue weighted by Crippen LogP contribution is 1.79. The van der Waals surface area contributed by atoms with Gasteiger partial charge in [0, 0.05) is 6.72 Å². The van der Waals surface area contributed by atoms with Gasteiger partial charge in [0.2, 0.25) is 0 Å². The molecule has 0 spiro atoms. The number of aliphatic hydroxyl groups excluding tert-OH is 1. The molecule has 3 nitrogen and oxygen atoms in total. The molecule has 0 radical (unpaired) electrons. The molecule has 0 heterocycles. The summed E-state index contributed by atoms with van der Waals surface area (Å²) < 4.78 is 0. The van der Waals surface area contributed by atoms with Gasteiger partial charge in [0.1, 0.15) is 6.61 Å². The zero-order chi connectivity index (χ0) is 5.70. The molecule has 0 aromatic carbocycles. The van der Waals surface area contributed by atoms with Crippen molar-refractivity contribution in [2.45, 2.75) is 13.0 Å². The zero-order valence-corrected chi connectivity index (χ0v) is 4.29. The second-order valence-electron chi connectivity index (χ2n) is 1.27. The Balaban J connectivity index is 2.81. The van der Waals surface area contributed by atoms with Crippen molar-refractivity contribution in [1.29, 1.82) is 0 Å². The Morgan fingerprint density at radius 2 is 2.57 bits per heavy atom. The lowest BCUT2D eigenvalue weighted by Gasteiger charge is -1.98. The monoisotopic (exact) mass is 103 g/mol. The molecule has 0 fully saturated rings. The van der Waals surface area contributed by atoms with Crippen LogP contribution < -0.4 is 0 Å². The van der Waals surface area contributed by atoms with Crippen LogP contribution in [0.5, 0.6) is 0 Å². The Bertz CT molecular complexity index is 53.7. The first kappa shape index (κ1) is 6.43. The molecule has 42 valence electrons. The minimum Gasteiger partial charge on any atom is -0.394 e. The van der Waals surface area contributed by atoms with E-state index < -0.39 is 6.10 Å². The van der Waals surface area contributed by atoms with E-state index in [1.807, 2.05) is 0 Å². The van der Waals surface area contributed by atoms with Gasteiger partial charge in [0.15, 0.2) is 0 Å². The lowest BCUT2D eigenvalue weighted by Crippen LogP contribution is -2.06. The number of oxime groups is 1. The molecule has 0 saturated carbocycles. The fraction of sp³-hybridized carbons (Fsp3) is 0.750. The van der Waals surface area contributed by atoms with E-state index in [1.165, 1.54) is 0 Å². The van der Waals surface area contributed by atoms with E-state index in [0.717, 1.165) is 0 Å². The maximum atomic E-state index is 8.47. The minimum absolute atomic E-state index is 0.226. The maximum absolute atomic E-state index is 8.47. The van der Waals surface area contributed by atoms with Crippen LogP contribution in [0.2, 0.25) is 0 Å². The second kappa shape index (κ2) is 3.61. The average Bonchev–Trinajstić information content (AvgIpc) is 1.61. The minimum atomic E-state index is -0.453. The van der Waals surface area contributed by atoms with E-state index >= 15 is 0 Å². The van der Waals surface area contributed by atoms with Gasteiger partial charge in [-0.1, -0.05) is 0 Å². The molecule has 0 aromatic heterocycles. The third-order valence-electron chi connectivity index (χ3n) is 0.407. The summed E-state index contributed by atoms with van der Waals surface area (Å²) in [4.78, 5) is 4.36. The third kappa shape index (κ3) is 5.43. The maximum Gasteiger partial charge on any atom is 0.142 e. The van der Waals surface area contributed by atoms with Crippen LogP contribution in [0, 0.1) is 0 Å². The number of nitrogens with zero attached hydrogens (tertiary/aromatic N) is 1. The molecule has 0 aliphatic rings. The second-order valence-corrected chi connectivity index (χ2v) is 1.27. The van der Waals surface area contributed by atoms with Crippen molar-refractivity contribution in [3.05, 3.63) is 0 Å². The smallest absolute Gasteiger partial charge is 0.142 e. The summed E-state index contributed by atoms with van der Waals surface area (Å²) in [7, 11) is 0. The van der Waals surface area contributed by atoms with E-state index in [1.54, 1.807) is 6.92 Å². The number of hydrogen-bond acceptors (Lipinski definition) is 3. The van der Waals surface area contributed by atoms with E-state index in [2.05, 4.69) is 16.7 Å². The number of aliphatic hydroxyl groups is 1. The Hall–Kier alpha value is -0.570. The molecule has 0 bridgehead atoms. The van der Waals surface area contributed by atoms with Crippen molar-refractivity contribution in [3.8, 4) is 0 Å². The van der Waals surface area contributed by atoms with E-state index in [4.69, 9.17) is 5.11 Å². The van der Waals surface area contributed by atoms with Crippen LogP contribution in [-0.2, 0) is 4.84 Å². The van der Waals surface area contributed by atoms with Crippen LogP contribution >= 0.6 is 0 Å². The van der Waals surface area contributed by atoms with Gasteiger partial charge in [-0.25, -0.2) is 0 Å². The fourth-order valence-electron chi connectivity index (χ4n) is 0.161. The van der Waals surface area contributed by atoms with E-state index in [0.29, 0.717) is 0 Å². The number of rotatable bonds is 3. The van der Waals surface area contributed by atoms with Crippen molar-refractivity contribution in [3.63, 3.8) is 0 Å². The quantitative estimate of drug-likeness (QED) is 0.403. The first-order chi connectivity index (χ1) is 3.27. The fourth-order valence-corrected chi connectivity index (χ4v) is 0.161. The molecule has 1 unspecified atom stereocenters. The van der Waals surface area contributed by atoms with E-state index in [-0.39, 0.29) is 6.61 Å². The molecular formula is C4H9NO2. The summed E-state index contributed by atoms with van der Waals surface area (Å²) >= 11 is 0. The highest BCUT2D eigenvalue weighted by molar-refractivity contribution is 5.21. The molecule has 0 amide bonds. The topological polar surface area (TPSA) is 41.8 Å². The van der Waals surface area contributed by atoms with Crippen molar-refractivity contribution >= 4 is 6.72 Å². The van der Waals surface area contributed by atoms with Crippen molar-refractivity contribution in [2.75, 3.05) is 6.61 Å². The zero-order valence-electron chi connectivity index (χ0n) is 4.29. The lowest BCUT2D eigenvalue weighted by molar-refractivity contribution is 0.0514. The summed E-state index contributed by atoms with van der Waals surface area (Å²) in [6.07, 6.45) is -0.453. The molecule has 0 saturated heterocycles. The predicted molar refractivity (Wildman–Crippen MR) is 27.2 cm³/mol. The summed E-state index contributed by atoms with van der Waals surface area (Å²) in [6, 6.07) is 0.